The molecule has 3 rings (SSSR count). The van der Waals surface area contributed by atoms with Crippen molar-refractivity contribution in [1.82, 2.24) is 4.57 Å². The maximum absolute atomic E-state index is 13.6. The molecule has 1 aromatic carbocycles. The summed E-state index contributed by atoms with van der Waals surface area (Å²) in [5.41, 5.74) is 0.513. The summed E-state index contributed by atoms with van der Waals surface area (Å²) >= 11 is -0.218. The van der Waals surface area contributed by atoms with Crippen LogP contribution in [0.5, 0.6) is 5.75 Å². The molecule has 0 aliphatic heterocycles. The molecular weight excluding hydrogens is 416 g/mol. The molecule has 11 heteroatoms. The Labute approximate surface area is 156 Å². The Morgan fingerprint density at radius 3 is 2.44 bits per heavy atom. The van der Waals surface area contributed by atoms with Crippen molar-refractivity contribution in [2.45, 2.75) is 22.6 Å². The van der Waals surface area contributed by atoms with Gasteiger partial charge in [-0.1, -0.05) is 0 Å². The van der Waals surface area contributed by atoms with E-state index in [1.807, 2.05) is 0 Å². The Balaban J connectivity index is 1.96. The van der Waals surface area contributed by atoms with Crippen molar-refractivity contribution in [3.63, 3.8) is 0 Å². The van der Waals surface area contributed by atoms with Crippen LogP contribution in [0.15, 0.2) is 34.5 Å². The fraction of sp³-hybridized carbons (Fsp3) is 0.188. The molecule has 1 N–H and O–H groups in total. The molecule has 27 heavy (non-hydrogen) atoms. The summed E-state index contributed by atoms with van der Waals surface area (Å²) in [6.07, 6.45) is -5.72. The van der Waals surface area contributed by atoms with Crippen molar-refractivity contribution in [2.24, 2.45) is 0 Å². The molecule has 0 amide bonds. The summed E-state index contributed by atoms with van der Waals surface area (Å²) in [6.45, 7) is 1.54. The summed E-state index contributed by atoms with van der Waals surface area (Å²) in [7, 11) is 0. The minimum Gasteiger partial charge on any atom is -0.505 e. The molecule has 144 valence electrons. The van der Waals surface area contributed by atoms with Gasteiger partial charge >= 0.3 is 11.4 Å². The van der Waals surface area contributed by atoms with Gasteiger partial charge in [-0.15, -0.1) is 11.3 Å². The van der Waals surface area contributed by atoms with Gasteiger partial charge in [0.05, 0.1) is 14.6 Å². The standard InChI is InChI=1S/C16H9F6NO2S2/c1-7-4-8-5-11(24)9(17)6-10(8)23(7)14(25)12-2-3-13(26-12)27-16(21,22)15(18,19)20/h2-6,24H,1H3. The number of phenols is 1. The van der Waals surface area contributed by atoms with Gasteiger partial charge in [0.1, 0.15) is 0 Å². The second kappa shape index (κ2) is 6.48. The van der Waals surface area contributed by atoms with E-state index in [1.54, 1.807) is 0 Å². The van der Waals surface area contributed by atoms with Crippen LogP contribution in [0.3, 0.4) is 0 Å². The van der Waals surface area contributed by atoms with Crippen molar-refractivity contribution in [3.8, 4) is 5.75 Å². The van der Waals surface area contributed by atoms with Gasteiger partial charge in [0, 0.05) is 17.1 Å². The zero-order valence-corrected chi connectivity index (χ0v) is 14.9. The second-order valence-corrected chi connectivity index (χ2v) is 8.02. The number of hydrogen-bond donors (Lipinski definition) is 1. The number of aromatic nitrogens is 1. The van der Waals surface area contributed by atoms with E-state index >= 15 is 0 Å². The van der Waals surface area contributed by atoms with Crippen molar-refractivity contribution in [2.75, 3.05) is 0 Å². The zero-order chi connectivity index (χ0) is 20.1. The highest BCUT2D eigenvalue weighted by atomic mass is 32.2. The maximum atomic E-state index is 13.6. The van der Waals surface area contributed by atoms with Crippen LogP contribution in [-0.2, 0) is 0 Å². The number of benzene rings is 1. The predicted octanol–water partition coefficient (Wildman–Crippen LogP) is 5.79. The molecule has 0 saturated carbocycles. The molecule has 0 unspecified atom stereocenters. The number of rotatable bonds is 3. The number of phenolic OH excluding ortho intramolecular Hbond substituents is 1. The van der Waals surface area contributed by atoms with E-state index in [9.17, 15) is 36.2 Å². The highest BCUT2D eigenvalue weighted by molar-refractivity contribution is 8.02. The smallest absolute Gasteiger partial charge is 0.464 e. The van der Waals surface area contributed by atoms with Gasteiger partial charge in [0.25, 0.3) is 5.91 Å². The summed E-state index contributed by atoms with van der Waals surface area (Å²) in [5, 5.41) is 4.80. The van der Waals surface area contributed by atoms with Crippen LogP contribution in [0.4, 0.5) is 26.3 Å². The van der Waals surface area contributed by atoms with E-state index in [0.717, 1.165) is 28.8 Å². The predicted molar refractivity (Wildman–Crippen MR) is 89.2 cm³/mol. The highest BCUT2D eigenvalue weighted by Crippen LogP contribution is 2.49. The number of thioether (sulfide) groups is 1. The Hall–Kier alpha value is -2.14. The summed E-state index contributed by atoms with van der Waals surface area (Å²) < 4.78 is 77.6. The quantitative estimate of drug-likeness (QED) is 0.427. The average molecular weight is 425 g/mol. The number of carbonyl (C=O) groups is 1. The fourth-order valence-corrected chi connectivity index (χ4v) is 4.33. The molecule has 3 aromatic rings. The van der Waals surface area contributed by atoms with Crippen LogP contribution in [-0.4, -0.2) is 27.0 Å². The number of hydrogen-bond acceptors (Lipinski definition) is 4. The molecule has 3 nitrogen and oxygen atoms in total. The van der Waals surface area contributed by atoms with Crippen LogP contribution in [0.2, 0.25) is 0 Å². The van der Waals surface area contributed by atoms with Gasteiger partial charge < -0.3 is 5.11 Å². The van der Waals surface area contributed by atoms with E-state index in [-0.39, 0.29) is 10.4 Å². The SMILES string of the molecule is Cc1cc2cc(O)c(F)cc2n1C(=O)c1ccc(SC(F)(F)C(F)(F)F)s1. The lowest BCUT2D eigenvalue weighted by Gasteiger charge is -2.17. The van der Waals surface area contributed by atoms with E-state index in [2.05, 4.69) is 0 Å². The van der Waals surface area contributed by atoms with Gasteiger partial charge in [-0.05, 0) is 43.0 Å². The third kappa shape index (κ3) is 3.53. The Morgan fingerprint density at radius 2 is 1.81 bits per heavy atom. The molecular formula is C16H9F6NO2S2. The van der Waals surface area contributed by atoms with Gasteiger partial charge in [-0.25, -0.2) is 4.39 Å². The summed E-state index contributed by atoms with van der Waals surface area (Å²) in [4.78, 5) is 12.6. The van der Waals surface area contributed by atoms with E-state index < -0.39 is 44.9 Å². The number of fused-ring (bicyclic) bond motifs is 1. The second-order valence-electron chi connectivity index (χ2n) is 5.52. The molecule has 0 aliphatic rings. The summed E-state index contributed by atoms with van der Waals surface area (Å²) in [6, 6.07) is 5.70. The molecule has 2 heterocycles. The first kappa shape index (κ1) is 19.6. The third-order valence-electron chi connectivity index (χ3n) is 3.61. The first-order valence-corrected chi connectivity index (χ1v) is 8.82. The topological polar surface area (TPSA) is 42.2 Å². The van der Waals surface area contributed by atoms with Crippen LogP contribution in [0, 0.1) is 12.7 Å². The molecule has 0 atom stereocenters. The highest BCUT2D eigenvalue weighted by Gasteiger charge is 2.58. The molecule has 2 aromatic heterocycles. The molecule has 0 aliphatic carbocycles. The first-order chi connectivity index (χ1) is 12.4. The number of carbonyl (C=O) groups excluding carboxylic acids is 1. The van der Waals surface area contributed by atoms with Crippen molar-refractivity contribution >= 4 is 39.9 Å². The molecule has 0 bridgehead atoms. The number of aromatic hydroxyl groups is 1. The van der Waals surface area contributed by atoms with Gasteiger partial charge in [-0.3, -0.25) is 9.36 Å². The van der Waals surface area contributed by atoms with E-state index in [1.165, 1.54) is 13.0 Å². The third-order valence-corrected chi connectivity index (χ3v) is 5.80. The van der Waals surface area contributed by atoms with Crippen molar-refractivity contribution in [1.29, 1.82) is 0 Å². The molecule has 0 fully saturated rings. The summed E-state index contributed by atoms with van der Waals surface area (Å²) in [5.74, 6) is -2.27. The Kier molecular flexibility index (Phi) is 4.71. The normalized spacial score (nSPS) is 12.7. The zero-order valence-electron chi connectivity index (χ0n) is 13.3. The number of nitrogens with zero attached hydrogens (tertiary/aromatic N) is 1. The Morgan fingerprint density at radius 1 is 1.15 bits per heavy atom. The van der Waals surface area contributed by atoms with Crippen molar-refractivity contribution in [3.05, 3.63) is 46.7 Å². The van der Waals surface area contributed by atoms with Crippen molar-refractivity contribution < 1.29 is 36.2 Å². The molecule has 0 saturated heterocycles. The van der Waals surface area contributed by atoms with Gasteiger partial charge in [0.2, 0.25) is 0 Å². The maximum Gasteiger partial charge on any atom is 0.464 e. The Bertz CT molecular complexity index is 1040. The lowest BCUT2D eigenvalue weighted by atomic mass is 10.2. The minimum absolute atomic E-state index is 0.0930. The van der Waals surface area contributed by atoms with Gasteiger partial charge in [-0.2, -0.15) is 22.0 Å². The van der Waals surface area contributed by atoms with Crippen LogP contribution in [0.25, 0.3) is 10.9 Å². The largest absolute Gasteiger partial charge is 0.505 e. The lowest BCUT2D eigenvalue weighted by molar-refractivity contribution is -0.237. The monoisotopic (exact) mass is 425 g/mol. The molecule has 0 spiro atoms. The number of aryl methyl sites for hydroxylation is 1. The van der Waals surface area contributed by atoms with Crippen LogP contribution in [0.1, 0.15) is 15.4 Å². The van der Waals surface area contributed by atoms with E-state index in [4.69, 9.17) is 0 Å². The van der Waals surface area contributed by atoms with E-state index in [0.29, 0.717) is 22.4 Å². The van der Waals surface area contributed by atoms with Gasteiger partial charge in [0.15, 0.2) is 11.6 Å². The lowest BCUT2D eigenvalue weighted by Crippen LogP contribution is -2.32. The number of halogens is 6. The van der Waals surface area contributed by atoms with Crippen LogP contribution >= 0.6 is 23.1 Å². The number of alkyl halides is 5. The number of thiophene rings is 1. The minimum atomic E-state index is -5.72. The first-order valence-electron chi connectivity index (χ1n) is 7.19. The average Bonchev–Trinajstić information content (AvgIpc) is 3.10. The molecule has 0 radical (unpaired) electrons. The fourth-order valence-electron chi connectivity index (χ4n) is 2.41. The van der Waals surface area contributed by atoms with Crippen LogP contribution < -0.4 is 0 Å².